The molecule has 27 heavy (non-hydrogen) atoms. The van der Waals surface area contributed by atoms with Crippen molar-refractivity contribution in [2.75, 3.05) is 31.5 Å². The molecule has 1 fully saturated rings. The molecule has 4 rings (SSSR count). The van der Waals surface area contributed by atoms with Crippen molar-refractivity contribution < 1.29 is 4.42 Å². The zero-order valence-electron chi connectivity index (χ0n) is 15.1. The summed E-state index contributed by atoms with van der Waals surface area (Å²) in [6.45, 7) is 4.09. The van der Waals surface area contributed by atoms with Crippen molar-refractivity contribution in [1.29, 1.82) is 0 Å². The Labute approximate surface area is 169 Å². The predicted molar refractivity (Wildman–Crippen MR) is 112 cm³/mol. The van der Waals surface area contributed by atoms with Gasteiger partial charge in [0.2, 0.25) is 0 Å². The first-order chi connectivity index (χ1) is 13.2. The number of para-hydroxylation sites is 2. The molecule has 0 unspecified atom stereocenters. The molecule has 4 nitrogen and oxygen atoms in total. The Bertz CT molecular complexity index is 870. The Kier molecular flexibility index (Phi) is 5.86. The highest BCUT2D eigenvalue weighted by Gasteiger charge is 2.19. The van der Waals surface area contributed by atoms with Gasteiger partial charge in [-0.25, -0.2) is 0 Å². The van der Waals surface area contributed by atoms with Crippen molar-refractivity contribution in [2.24, 2.45) is 5.92 Å². The maximum Gasteiger partial charge on any atom is 0.295 e. The molecule has 0 atom stereocenters. The molecule has 1 aliphatic rings. The van der Waals surface area contributed by atoms with E-state index in [0.717, 1.165) is 43.7 Å². The number of benzene rings is 2. The first-order valence-electron chi connectivity index (χ1n) is 9.43. The van der Waals surface area contributed by atoms with E-state index in [1.165, 1.54) is 18.4 Å². The van der Waals surface area contributed by atoms with Gasteiger partial charge < -0.3 is 14.6 Å². The second-order valence-corrected chi connectivity index (χ2v) is 7.97. The van der Waals surface area contributed by atoms with E-state index in [2.05, 4.69) is 21.3 Å². The highest BCUT2D eigenvalue weighted by atomic mass is 35.5. The van der Waals surface area contributed by atoms with Gasteiger partial charge in [-0.1, -0.05) is 41.4 Å². The van der Waals surface area contributed by atoms with E-state index >= 15 is 0 Å². The summed E-state index contributed by atoms with van der Waals surface area (Å²) >= 11 is 12.1. The van der Waals surface area contributed by atoms with Crippen molar-refractivity contribution in [3.8, 4) is 0 Å². The smallest absolute Gasteiger partial charge is 0.295 e. The van der Waals surface area contributed by atoms with Crippen LogP contribution in [0.15, 0.2) is 46.9 Å². The maximum atomic E-state index is 6.13. The van der Waals surface area contributed by atoms with Crippen LogP contribution in [0.4, 0.5) is 6.01 Å². The van der Waals surface area contributed by atoms with Gasteiger partial charge in [0.1, 0.15) is 5.52 Å². The number of fused-ring (bicyclic) bond motifs is 1. The average Bonchev–Trinajstić information content (AvgIpc) is 3.09. The molecular weight excluding hydrogens is 381 g/mol. The molecule has 0 amide bonds. The van der Waals surface area contributed by atoms with Gasteiger partial charge in [-0.05, 0) is 68.1 Å². The van der Waals surface area contributed by atoms with Crippen LogP contribution in [0, 0.1) is 5.92 Å². The molecule has 3 aromatic rings. The second-order valence-electron chi connectivity index (χ2n) is 7.15. The number of piperidine rings is 1. The fourth-order valence-corrected chi connectivity index (χ4v) is 4.00. The van der Waals surface area contributed by atoms with Crippen LogP contribution in [0.3, 0.4) is 0 Å². The normalized spacial score (nSPS) is 16.1. The van der Waals surface area contributed by atoms with Crippen LogP contribution in [0.5, 0.6) is 0 Å². The van der Waals surface area contributed by atoms with Crippen LogP contribution in [0.2, 0.25) is 10.0 Å². The minimum absolute atomic E-state index is 0.603. The van der Waals surface area contributed by atoms with E-state index in [1.807, 2.05) is 36.4 Å². The van der Waals surface area contributed by atoms with Gasteiger partial charge in [-0.15, -0.1) is 0 Å². The Morgan fingerprint density at radius 1 is 1.07 bits per heavy atom. The average molecular weight is 404 g/mol. The van der Waals surface area contributed by atoms with E-state index in [-0.39, 0.29) is 0 Å². The number of likely N-dealkylation sites (tertiary alicyclic amines) is 1. The molecule has 0 bridgehead atoms. The molecule has 0 radical (unpaired) electrons. The molecular formula is C21H23Cl2N3O. The molecule has 6 heteroatoms. The zero-order chi connectivity index (χ0) is 18.6. The number of hydrogen-bond acceptors (Lipinski definition) is 4. The zero-order valence-corrected chi connectivity index (χ0v) is 16.6. The van der Waals surface area contributed by atoms with Crippen LogP contribution in [-0.4, -0.2) is 36.1 Å². The molecule has 0 aliphatic carbocycles. The highest BCUT2D eigenvalue weighted by molar-refractivity contribution is 6.42. The summed E-state index contributed by atoms with van der Waals surface area (Å²) < 4.78 is 5.70. The molecule has 0 spiro atoms. The number of anilines is 1. The molecule has 0 saturated carbocycles. The topological polar surface area (TPSA) is 41.3 Å². The number of aromatic nitrogens is 1. The fourth-order valence-electron chi connectivity index (χ4n) is 3.68. The van der Waals surface area contributed by atoms with E-state index < -0.39 is 0 Å². The van der Waals surface area contributed by atoms with Crippen molar-refractivity contribution >= 4 is 40.3 Å². The second kappa shape index (κ2) is 8.51. The number of nitrogens with zero attached hydrogens (tertiary/aromatic N) is 2. The van der Waals surface area contributed by atoms with Crippen molar-refractivity contribution in [3.63, 3.8) is 0 Å². The van der Waals surface area contributed by atoms with Crippen molar-refractivity contribution in [3.05, 3.63) is 58.1 Å². The van der Waals surface area contributed by atoms with Gasteiger partial charge in [-0.3, -0.25) is 0 Å². The monoisotopic (exact) mass is 403 g/mol. The van der Waals surface area contributed by atoms with Gasteiger partial charge in [0.25, 0.3) is 6.01 Å². The lowest BCUT2D eigenvalue weighted by atomic mass is 9.90. The standard InChI is InChI=1S/C21H23Cl2N3O/c22-17-6-5-16(14-18(17)23)13-15-7-10-26(11-8-15)12-9-24-21-25-19-3-1-2-4-20(19)27-21/h1-6,14-15H,7-13H2,(H,24,25). The summed E-state index contributed by atoms with van der Waals surface area (Å²) in [4.78, 5) is 6.95. The SMILES string of the molecule is Clc1ccc(CC2CCN(CCNc3nc4ccccc4o3)CC2)cc1Cl. The molecule has 1 aliphatic heterocycles. The fraction of sp³-hybridized carbons (Fsp3) is 0.381. The first kappa shape index (κ1) is 18.6. The van der Waals surface area contributed by atoms with Gasteiger partial charge in [0, 0.05) is 13.1 Å². The Morgan fingerprint density at radius 3 is 2.67 bits per heavy atom. The third kappa shape index (κ3) is 4.75. The lowest BCUT2D eigenvalue weighted by Crippen LogP contribution is -2.37. The van der Waals surface area contributed by atoms with E-state index in [0.29, 0.717) is 22.0 Å². The molecule has 1 N–H and O–H groups in total. The number of oxazole rings is 1. The lowest BCUT2D eigenvalue weighted by Gasteiger charge is -2.32. The van der Waals surface area contributed by atoms with Gasteiger partial charge in [-0.2, -0.15) is 4.98 Å². The minimum Gasteiger partial charge on any atom is -0.424 e. The summed E-state index contributed by atoms with van der Waals surface area (Å²) in [6, 6.07) is 14.4. The summed E-state index contributed by atoms with van der Waals surface area (Å²) in [6.07, 6.45) is 3.50. The highest BCUT2D eigenvalue weighted by Crippen LogP contribution is 2.27. The van der Waals surface area contributed by atoms with E-state index in [9.17, 15) is 0 Å². The summed E-state index contributed by atoms with van der Waals surface area (Å²) in [5.41, 5.74) is 2.99. The first-order valence-corrected chi connectivity index (χ1v) is 10.2. The number of rotatable bonds is 6. The van der Waals surface area contributed by atoms with Crippen molar-refractivity contribution in [2.45, 2.75) is 19.3 Å². The van der Waals surface area contributed by atoms with E-state index in [4.69, 9.17) is 27.6 Å². The van der Waals surface area contributed by atoms with Gasteiger partial charge in [0.15, 0.2) is 5.58 Å². The number of halogens is 2. The number of nitrogens with one attached hydrogen (secondary N) is 1. The Balaban J connectivity index is 1.20. The van der Waals surface area contributed by atoms with Crippen LogP contribution >= 0.6 is 23.2 Å². The van der Waals surface area contributed by atoms with Crippen LogP contribution in [-0.2, 0) is 6.42 Å². The molecule has 142 valence electrons. The summed E-state index contributed by atoms with van der Waals surface area (Å²) in [7, 11) is 0. The summed E-state index contributed by atoms with van der Waals surface area (Å²) in [5.74, 6) is 0.712. The van der Waals surface area contributed by atoms with Crippen LogP contribution in [0.1, 0.15) is 18.4 Å². The third-order valence-electron chi connectivity index (χ3n) is 5.21. The lowest BCUT2D eigenvalue weighted by molar-refractivity contribution is 0.189. The molecule has 2 heterocycles. The largest absolute Gasteiger partial charge is 0.424 e. The third-order valence-corrected chi connectivity index (χ3v) is 5.95. The quantitative estimate of drug-likeness (QED) is 0.589. The predicted octanol–water partition coefficient (Wildman–Crippen LogP) is 5.50. The minimum atomic E-state index is 0.603. The molecule has 1 saturated heterocycles. The van der Waals surface area contributed by atoms with Gasteiger partial charge in [0.05, 0.1) is 10.0 Å². The Hall–Kier alpha value is -1.75. The van der Waals surface area contributed by atoms with Crippen LogP contribution in [0.25, 0.3) is 11.1 Å². The number of hydrogen-bond donors (Lipinski definition) is 1. The van der Waals surface area contributed by atoms with Crippen LogP contribution < -0.4 is 5.32 Å². The van der Waals surface area contributed by atoms with Crippen molar-refractivity contribution in [1.82, 2.24) is 9.88 Å². The summed E-state index contributed by atoms with van der Waals surface area (Å²) in [5, 5.41) is 4.57. The van der Waals surface area contributed by atoms with Gasteiger partial charge >= 0.3 is 0 Å². The molecule has 2 aromatic carbocycles. The Morgan fingerprint density at radius 2 is 1.89 bits per heavy atom. The maximum absolute atomic E-state index is 6.13. The van der Waals surface area contributed by atoms with E-state index in [1.54, 1.807) is 0 Å². The molecule has 1 aromatic heterocycles.